The summed E-state index contributed by atoms with van der Waals surface area (Å²) in [6.45, 7) is 0. The summed E-state index contributed by atoms with van der Waals surface area (Å²) in [6.07, 6.45) is 0. The summed E-state index contributed by atoms with van der Waals surface area (Å²) in [6, 6.07) is 5.95. The summed E-state index contributed by atoms with van der Waals surface area (Å²) in [5.74, 6) is -1.60. The van der Waals surface area contributed by atoms with Crippen LogP contribution in [0.15, 0.2) is 30.3 Å². The Kier molecular flexibility index (Phi) is 2.44. The lowest BCUT2D eigenvalue weighted by molar-refractivity contribution is 0.397. The van der Waals surface area contributed by atoms with Crippen molar-refractivity contribution in [3.8, 4) is 39.9 Å². The molecule has 0 amide bonds. The molecule has 5 heteroatoms. The number of phenolic OH excluding ortho intramolecular Hbond substituents is 5. The van der Waals surface area contributed by atoms with E-state index in [0.29, 0.717) is 0 Å². The largest absolute Gasteiger partial charge is 0.508 e. The number of benzene rings is 2. The van der Waals surface area contributed by atoms with Crippen molar-refractivity contribution in [2.45, 2.75) is 0 Å². The van der Waals surface area contributed by atoms with Crippen molar-refractivity contribution >= 4 is 0 Å². The highest BCUT2D eigenvalue weighted by atomic mass is 16.3. The zero-order chi connectivity index (χ0) is 12.6. The number of rotatable bonds is 1. The maximum absolute atomic E-state index is 9.63. The van der Waals surface area contributed by atoms with Crippen LogP contribution in [0, 0.1) is 0 Å². The Morgan fingerprint density at radius 1 is 0.588 bits per heavy atom. The molecular weight excluding hydrogens is 224 g/mol. The van der Waals surface area contributed by atoms with Crippen LogP contribution in [0.1, 0.15) is 0 Å². The summed E-state index contributed by atoms with van der Waals surface area (Å²) < 4.78 is 0. The van der Waals surface area contributed by atoms with Crippen LogP contribution in [0.5, 0.6) is 28.7 Å². The van der Waals surface area contributed by atoms with Crippen LogP contribution in [0.4, 0.5) is 0 Å². The van der Waals surface area contributed by atoms with E-state index in [1.54, 1.807) is 0 Å². The first kappa shape index (κ1) is 10.9. The third kappa shape index (κ3) is 1.90. The van der Waals surface area contributed by atoms with Crippen molar-refractivity contribution in [3.05, 3.63) is 30.3 Å². The Morgan fingerprint density at radius 2 is 1.24 bits per heavy atom. The van der Waals surface area contributed by atoms with Gasteiger partial charge in [-0.05, 0) is 18.2 Å². The van der Waals surface area contributed by atoms with Gasteiger partial charge in [-0.15, -0.1) is 0 Å². The van der Waals surface area contributed by atoms with Gasteiger partial charge in [-0.1, -0.05) is 0 Å². The van der Waals surface area contributed by atoms with E-state index in [4.69, 9.17) is 5.11 Å². The van der Waals surface area contributed by atoms with Gasteiger partial charge in [0.2, 0.25) is 0 Å². The molecular formula is C12H10O5. The van der Waals surface area contributed by atoms with Crippen LogP contribution in [0.2, 0.25) is 0 Å². The van der Waals surface area contributed by atoms with E-state index in [2.05, 4.69) is 0 Å². The van der Waals surface area contributed by atoms with Crippen molar-refractivity contribution in [1.29, 1.82) is 0 Å². The van der Waals surface area contributed by atoms with E-state index in [1.807, 2.05) is 0 Å². The molecule has 0 atom stereocenters. The molecule has 0 heterocycles. The second-order valence-corrected chi connectivity index (χ2v) is 3.56. The van der Waals surface area contributed by atoms with E-state index in [-0.39, 0.29) is 28.4 Å². The molecule has 0 saturated heterocycles. The number of aromatic hydroxyl groups is 5. The number of hydrogen-bond donors (Lipinski definition) is 5. The minimum Gasteiger partial charge on any atom is -0.508 e. The second kappa shape index (κ2) is 3.79. The Morgan fingerprint density at radius 3 is 1.88 bits per heavy atom. The number of phenols is 5. The van der Waals surface area contributed by atoms with E-state index < -0.39 is 11.5 Å². The molecule has 0 aliphatic carbocycles. The molecule has 2 aromatic rings. The van der Waals surface area contributed by atoms with Crippen LogP contribution in [0.3, 0.4) is 0 Å². The van der Waals surface area contributed by atoms with Gasteiger partial charge in [0.1, 0.15) is 17.2 Å². The fourth-order valence-corrected chi connectivity index (χ4v) is 1.56. The van der Waals surface area contributed by atoms with Crippen LogP contribution in [-0.4, -0.2) is 25.5 Å². The molecule has 0 unspecified atom stereocenters. The summed E-state index contributed by atoms with van der Waals surface area (Å²) in [5, 5.41) is 47.1. The van der Waals surface area contributed by atoms with Gasteiger partial charge in [0.05, 0.1) is 0 Å². The maximum atomic E-state index is 9.63. The van der Waals surface area contributed by atoms with E-state index in [0.717, 1.165) is 12.1 Å². The SMILES string of the molecule is Oc1ccc(-c2cc(O)cc(O)c2O)c(O)c1. The van der Waals surface area contributed by atoms with Crippen LogP contribution >= 0.6 is 0 Å². The third-order valence-corrected chi connectivity index (χ3v) is 2.35. The van der Waals surface area contributed by atoms with Crippen LogP contribution < -0.4 is 0 Å². The van der Waals surface area contributed by atoms with Crippen molar-refractivity contribution in [2.24, 2.45) is 0 Å². The lowest BCUT2D eigenvalue weighted by Crippen LogP contribution is -1.82. The highest BCUT2D eigenvalue weighted by Gasteiger charge is 2.14. The van der Waals surface area contributed by atoms with Crippen molar-refractivity contribution in [3.63, 3.8) is 0 Å². The van der Waals surface area contributed by atoms with Gasteiger partial charge >= 0.3 is 0 Å². The quantitative estimate of drug-likeness (QED) is 0.383. The predicted octanol–water partition coefficient (Wildman–Crippen LogP) is 1.88. The molecule has 0 spiro atoms. The zero-order valence-corrected chi connectivity index (χ0v) is 8.62. The average molecular weight is 234 g/mol. The van der Waals surface area contributed by atoms with E-state index in [1.165, 1.54) is 18.2 Å². The number of hydrogen-bond acceptors (Lipinski definition) is 5. The Hall–Kier alpha value is -2.56. The van der Waals surface area contributed by atoms with Gasteiger partial charge in [-0.25, -0.2) is 0 Å². The molecule has 5 N–H and O–H groups in total. The molecule has 0 radical (unpaired) electrons. The Bertz CT molecular complexity index is 577. The third-order valence-electron chi connectivity index (χ3n) is 2.35. The fraction of sp³-hybridized carbons (Fsp3) is 0. The minimum absolute atomic E-state index is 0.0694. The fourth-order valence-electron chi connectivity index (χ4n) is 1.56. The maximum Gasteiger partial charge on any atom is 0.165 e. The van der Waals surface area contributed by atoms with Crippen LogP contribution in [-0.2, 0) is 0 Å². The van der Waals surface area contributed by atoms with Crippen LogP contribution in [0.25, 0.3) is 11.1 Å². The predicted molar refractivity (Wildman–Crippen MR) is 60.2 cm³/mol. The Balaban J connectivity index is 2.68. The molecule has 2 aromatic carbocycles. The lowest BCUT2D eigenvalue weighted by Gasteiger charge is -2.09. The van der Waals surface area contributed by atoms with Crippen molar-refractivity contribution in [2.75, 3.05) is 0 Å². The monoisotopic (exact) mass is 234 g/mol. The van der Waals surface area contributed by atoms with E-state index >= 15 is 0 Å². The highest BCUT2D eigenvalue weighted by Crippen LogP contribution is 2.43. The standard InChI is InChI=1S/C12H10O5/c13-6-1-2-8(10(15)4-6)9-3-7(14)5-11(16)12(9)17/h1-5,13-17H. The summed E-state index contributed by atoms with van der Waals surface area (Å²) in [5.41, 5.74) is 0.256. The molecule has 0 fully saturated rings. The highest BCUT2D eigenvalue weighted by molar-refractivity contribution is 5.79. The Labute approximate surface area is 96.5 Å². The molecule has 2 rings (SSSR count). The summed E-state index contributed by atoms with van der Waals surface area (Å²) in [7, 11) is 0. The lowest BCUT2D eigenvalue weighted by atomic mass is 10.0. The molecule has 0 aliphatic rings. The summed E-state index contributed by atoms with van der Waals surface area (Å²) in [4.78, 5) is 0. The van der Waals surface area contributed by atoms with Gasteiger partial charge in [0.15, 0.2) is 11.5 Å². The topological polar surface area (TPSA) is 101 Å². The minimum atomic E-state index is -0.493. The smallest absolute Gasteiger partial charge is 0.165 e. The first-order chi connectivity index (χ1) is 7.99. The van der Waals surface area contributed by atoms with Gasteiger partial charge in [0.25, 0.3) is 0 Å². The molecule has 0 aromatic heterocycles. The average Bonchev–Trinajstić information content (AvgIpc) is 2.24. The van der Waals surface area contributed by atoms with E-state index in [9.17, 15) is 20.4 Å². The molecule has 0 aliphatic heterocycles. The van der Waals surface area contributed by atoms with Gasteiger partial charge in [0, 0.05) is 23.3 Å². The summed E-state index contributed by atoms with van der Waals surface area (Å²) >= 11 is 0. The first-order valence-electron chi connectivity index (χ1n) is 4.76. The van der Waals surface area contributed by atoms with Gasteiger partial charge < -0.3 is 25.5 Å². The van der Waals surface area contributed by atoms with Gasteiger partial charge in [-0.3, -0.25) is 0 Å². The molecule has 17 heavy (non-hydrogen) atoms. The molecule has 88 valence electrons. The molecule has 0 saturated carbocycles. The first-order valence-corrected chi connectivity index (χ1v) is 4.76. The molecule has 0 bridgehead atoms. The van der Waals surface area contributed by atoms with Crippen molar-refractivity contribution < 1.29 is 25.5 Å². The normalized spacial score (nSPS) is 10.4. The van der Waals surface area contributed by atoms with Crippen molar-refractivity contribution in [1.82, 2.24) is 0 Å². The zero-order valence-electron chi connectivity index (χ0n) is 8.62. The second-order valence-electron chi connectivity index (χ2n) is 3.56. The molecule has 5 nitrogen and oxygen atoms in total. The van der Waals surface area contributed by atoms with Gasteiger partial charge in [-0.2, -0.15) is 0 Å².